The molecule has 1 atom stereocenters. The van der Waals surface area contributed by atoms with Crippen LogP contribution >= 0.6 is 15.9 Å². The normalized spacial score (nSPS) is 12.4. The third-order valence-corrected chi connectivity index (χ3v) is 3.54. The molecule has 0 spiro atoms. The van der Waals surface area contributed by atoms with Crippen LogP contribution in [0.25, 0.3) is 11.1 Å². The van der Waals surface area contributed by atoms with E-state index in [0.717, 1.165) is 4.47 Å². The molecular formula is C15H16BrN. The predicted octanol–water partition coefficient (Wildman–Crippen LogP) is 4.40. The molecule has 0 radical (unpaired) electrons. The van der Waals surface area contributed by atoms with Gasteiger partial charge in [-0.15, -0.1) is 0 Å². The van der Waals surface area contributed by atoms with Crippen molar-refractivity contribution in [3.8, 4) is 11.1 Å². The van der Waals surface area contributed by atoms with E-state index in [4.69, 9.17) is 0 Å². The summed E-state index contributed by atoms with van der Waals surface area (Å²) in [6, 6.07) is 17.3. The van der Waals surface area contributed by atoms with Crippen molar-refractivity contribution >= 4 is 15.9 Å². The van der Waals surface area contributed by atoms with E-state index >= 15 is 0 Å². The van der Waals surface area contributed by atoms with Crippen LogP contribution in [0.5, 0.6) is 0 Å². The van der Waals surface area contributed by atoms with Gasteiger partial charge in [0, 0.05) is 10.5 Å². The highest BCUT2D eigenvalue weighted by molar-refractivity contribution is 9.10. The summed E-state index contributed by atoms with van der Waals surface area (Å²) in [6.07, 6.45) is 0. The van der Waals surface area contributed by atoms with E-state index < -0.39 is 0 Å². The highest BCUT2D eigenvalue weighted by atomic mass is 79.9. The number of rotatable bonds is 3. The minimum atomic E-state index is 0.356. The first kappa shape index (κ1) is 12.3. The molecule has 0 saturated heterocycles. The zero-order chi connectivity index (χ0) is 12.3. The summed E-state index contributed by atoms with van der Waals surface area (Å²) in [5, 5.41) is 3.29. The molecule has 0 saturated carbocycles. The van der Waals surface area contributed by atoms with Gasteiger partial charge in [-0.05, 0) is 42.8 Å². The van der Waals surface area contributed by atoms with Crippen molar-refractivity contribution in [2.24, 2.45) is 0 Å². The van der Waals surface area contributed by atoms with Crippen molar-refractivity contribution in [1.82, 2.24) is 5.32 Å². The lowest BCUT2D eigenvalue weighted by Gasteiger charge is -2.16. The van der Waals surface area contributed by atoms with Crippen LogP contribution < -0.4 is 5.32 Å². The molecule has 1 N–H and O–H groups in total. The van der Waals surface area contributed by atoms with Gasteiger partial charge >= 0.3 is 0 Å². The molecule has 88 valence electrons. The first-order chi connectivity index (χ1) is 8.22. The number of halogens is 1. The Morgan fingerprint density at radius 3 is 2.29 bits per heavy atom. The van der Waals surface area contributed by atoms with Crippen molar-refractivity contribution in [2.75, 3.05) is 7.05 Å². The molecule has 0 aliphatic heterocycles. The van der Waals surface area contributed by atoms with Crippen molar-refractivity contribution in [2.45, 2.75) is 13.0 Å². The van der Waals surface area contributed by atoms with Gasteiger partial charge in [0.2, 0.25) is 0 Å². The fourth-order valence-corrected chi connectivity index (χ4v) is 2.19. The lowest BCUT2D eigenvalue weighted by Crippen LogP contribution is -2.13. The summed E-state index contributed by atoms with van der Waals surface area (Å²) < 4.78 is 1.11. The van der Waals surface area contributed by atoms with Crippen LogP contribution in [0, 0.1) is 0 Å². The molecule has 2 aromatic rings. The monoisotopic (exact) mass is 289 g/mol. The highest BCUT2D eigenvalue weighted by Crippen LogP contribution is 2.28. The van der Waals surface area contributed by atoms with E-state index in [-0.39, 0.29) is 0 Å². The fourth-order valence-electron chi connectivity index (χ4n) is 1.92. The molecule has 2 aromatic carbocycles. The SMILES string of the molecule is CNC(C)c1ccccc1-c1ccc(Br)cc1. The molecule has 0 amide bonds. The van der Waals surface area contributed by atoms with Crippen LogP contribution in [0.1, 0.15) is 18.5 Å². The minimum Gasteiger partial charge on any atom is -0.313 e. The standard InChI is InChI=1S/C15H16BrN/c1-11(17-2)14-5-3-4-6-15(14)12-7-9-13(16)10-8-12/h3-11,17H,1-2H3. The van der Waals surface area contributed by atoms with Crippen LogP contribution in [0.2, 0.25) is 0 Å². The maximum absolute atomic E-state index is 3.47. The van der Waals surface area contributed by atoms with E-state index in [0.29, 0.717) is 6.04 Å². The summed E-state index contributed by atoms with van der Waals surface area (Å²) in [7, 11) is 1.99. The Morgan fingerprint density at radius 1 is 1.00 bits per heavy atom. The van der Waals surface area contributed by atoms with Crippen molar-refractivity contribution in [3.63, 3.8) is 0 Å². The molecule has 0 aliphatic carbocycles. The quantitative estimate of drug-likeness (QED) is 0.883. The van der Waals surface area contributed by atoms with Gasteiger partial charge in [0.25, 0.3) is 0 Å². The van der Waals surface area contributed by atoms with Gasteiger partial charge < -0.3 is 5.32 Å². The van der Waals surface area contributed by atoms with Crippen LogP contribution in [0.3, 0.4) is 0 Å². The number of nitrogens with one attached hydrogen (secondary N) is 1. The average Bonchev–Trinajstić information content (AvgIpc) is 2.39. The first-order valence-corrected chi connectivity index (χ1v) is 6.54. The van der Waals surface area contributed by atoms with Gasteiger partial charge in [0.15, 0.2) is 0 Å². The highest BCUT2D eigenvalue weighted by Gasteiger charge is 2.09. The summed E-state index contributed by atoms with van der Waals surface area (Å²) in [5.74, 6) is 0. The van der Waals surface area contributed by atoms with Crippen LogP contribution in [0.15, 0.2) is 53.0 Å². The molecule has 1 nitrogen and oxygen atoms in total. The van der Waals surface area contributed by atoms with E-state index in [2.05, 4.69) is 76.7 Å². The largest absolute Gasteiger partial charge is 0.313 e. The Balaban J connectivity index is 2.48. The Morgan fingerprint density at radius 2 is 1.65 bits per heavy atom. The number of benzene rings is 2. The Kier molecular flexibility index (Phi) is 3.97. The molecule has 0 fully saturated rings. The van der Waals surface area contributed by atoms with Gasteiger partial charge in [-0.1, -0.05) is 52.3 Å². The predicted molar refractivity (Wildman–Crippen MR) is 77.1 cm³/mol. The Labute approximate surface area is 111 Å². The zero-order valence-electron chi connectivity index (χ0n) is 10.1. The number of hydrogen-bond acceptors (Lipinski definition) is 1. The molecule has 0 aliphatic rings. The maximum Gasteiger partial charge on any atom is 0.0295 e. The smallest absolute Gasteiger partial charge is 0.0295 e. The fraction of sp³-hybridized carbons (Fsp3) is 0.200. The van der Waals surface area contributed by atoms with E-state index in [1.807, 2.05) is 7.05 Å². The summed E-state index contributed by atoms with van der Waals surface area (Å²) in [6.45, 7) is 2.18. The third-order valence-electron chi connectivity index (χ3n) is 3.02. The average molecular weight is 290 g/mol. The van der Waals surface area contributed by atoms with Gasteiger partial charge in [0.05, 0.1) is 0 Å². The number of hydrogen-bond donors (Lipinski definition) is 1. The van der Waals surface area contributed by atoms with Crippen LogP contribution in [-0.4, -0.2) is 7.05 Å². The third kappa shape index (κ3) is 2.76. The van der Waals surface area contributed by atoms with Crippen molar-refractivity contribution in [3.05, 3.63) is 58.6 Å². The molecular weight excluding hydrogens is 274 g/mol. The molecule has 0 heterocycles. The van der Waals surface area contributed by atoms with Gasteiger partial charge in [-0.2, -0.15) is 0 Å². The molecule has 17 heavy (non-hydrogen) atoms. The second kappa shape index (κ2) is 5.48. The minimum absolute atomic E-state index is 0.356. The van der Waals surface area contributed by atoms with E-state index in [1.165, 1.54) is 16.7 Å². The van der Waals surface area contributed by atoms with E-state index in [1.54, 1.807) is 0 Å². The Hall–Kier alpha value is -1.12. The van der Waals surface area contributed by atoms with Crippen LogP contribution in [-0.2, 0) is 0 Å². The molecule has 1 unspecified atom stereocenters. The first-order valence-electron chi connectivity index (χ1n) is 5.74. The summed E-state index contributed by atoms with van der Waals surface area (Å²) in [5.41, 5.74) is 3.88. The maximum atomic E-state index is 3.47. The second-order valence-corrected chi connectivity index (χ2v) is 5.02. The topological polar surface area (TPSA) is 12.0 Å². The van der Waals surface area contributed by atoms with Gasteiger partial charge in [-0.25, -0.2) is 0 Å². The molecule has 2 rings (SSSR count). The van der Waals surface area contributed by atoms with Crippen molar-refractivity contribution < 1.29 is 0 Å². The lowest BCUT2D eigenvalue weighted by atomic mass is 9.96. The van der Waals surface area contributed by atoms with Gasteiger partial charge in [0.1, 0.15) is 0 Å². The second-order valence-electron chi connectivity index (χ2n) is 4.10. The molecule has 0 bridgehead atoms. The lowest BCUT2D eigenvalue weighted by molar-refractivity contribution is 0.654. The Bertz CT molecular complexity index is 491. The van der Waals surface area contributed by atoms with Crippen molar-refractivity contribution in [1.29, 1.82) is 0 Å². The van der Waals surface area contributed by atoms with Gasteiger partial charge in [-0.3, -0.25) is 0 Å². The molecule has 0 aromatic heterocycles. The van der Waals surface area contributed by atoms with E-state index in [9.17, 15) is 0 Å². The van der Waals surface area contributed by atoms with Crippen LogP contribution in [0.4, 0.5) is 0 Å². The summed E-state index contributed by atoms with van der Waals surface area (Å²) >= 11 is 3.47. The summed E-state index contributed by atoms with van der Waals surface area (Å²) in [4.78, 5) is 0. The molecule has 2 heteroatoms. The zero-order valence-corrected chi connectivity index (χ0v) is 11.7.